The van der Waals surface area contributed by atoms with E-state index < -0.39 is 15.6 Å². The van der Waals surface area contributed by atoms with E-state index >= 15 is 0 Å². The topological polar surface area (TPSA) is 111 Å². The Morgan fingerprint density at radius 2 is 1.85 bits per heavy atom. The molecule has 0 heterocycles. The molecule has 1 aromatic rings. The first-order chi connectivity index (χ1) is 11.5. The second-order valence-electron chi connectivity index (χ2n) is 6.87. The molecule has 150 valence electrons. The Morgan fingerprint density at radius 1 is 1.27 bits per heavy atom. The zero-order valence-electron chi connectivity index (χ0n) is 16.1. The lowest BCUT2D eigenvalue weighted by Gasteiger charge is -2.33. The summed E-state index contributed by atoms with van der Waals surface area (Å²) in [6, 6.07) is 4.03. The van der Waals surface area contributed by atoms with Crippen LogP contribution in [0, 0.1) is 5.92 Å². The van der Waals surface area contributed by atoms with Crippen molar-refractivity contribution in [1.82, 2.24) is 10.0 Å². The molecule has 0 aliphatic carbocycles. The molecular formula is C17H30ClN3O4S. The van der Waals surface area contributed by atoms with Gasteiger partial charge >= 0.3 is 0 Å². The average molecular weight is 408 g/mol. The fraction of sp³-hybridized carbons (Fsp3) is 0.588. The Labute approximate surface area is 162 Å². The van der Waals surface area contributed by atoms with Gasteiger partial charge in [0.25, 0.3) is 5.91 Å². The van der Waals surface area contributed by atoms with Crippen LogP contribution in [0.15, 0.2) is 23.1 Å². The van der Waals surface area contributed by atoms with Crippen LogP contribution in [0.4, 0.5) is 0 Å². The number of halogens is 1. The van der Waals surface area contributed by atoms with E-state index in [9.17, 15) is 13.2 Å². The largest absolute Gasteiger partial charge is 0.495 e. The fourth-order valence-corrected chi connectivity index (χ4v) is 3.61. The molecule has 1 unspecified atom stereocenters. The van der Waals surface area contributed by atoms with Gasteiger partial charge in [0.2, 0.25) is 10.0 Å². The van der Waals surface area contributed by atoms with Crippen LogP contribution in [0.1, 0.15) is 45.0 Å². The Kier molecular flexibility index (Phi) is 9.05. The average Bonchev–Trinajstić information content (AvgIpc) is 2.52. The predicted molar refractivity (Wildman–Crippen MR) is 105 cm³/mol. The summed E-state index contributed by atoms with van der Waals surface area (Å²) in [5.74, 6) is -0.0917. The van der Waals surface area contributed by atoms with Crippen molar-refractivity contribution in [2.45, 2.75) is 51.1 Å². The van der Waals surface area contributed by atoms with E-state index in [-0.39, 0.29) is 53.0 Å². The normalized spacial score (nSPS) is 13.9. The molecule has 0 radical (unpaired) electrons. The zero-order chi connectivity index (χ0) is 19.4. The molecule has 0 saturated heterocycles. The van der Waals surface area contributed by atoms with Gasteiger partial charge in [-0.1, -0.05) is 13.8 Å². The van der Waals surface area contributed by atoms with E-state index in [0.717, 1.165) is 0 Å². The van der Waals surface area contributed by atoms with Crippen molar-refractivity contribution >= 4 is 28.3 Å². The number of hydrogen-bond acceptors (Lipinski definition) is 5. The number of rotatable bonds is 8. The number of methoxy groups -OCH3 is 1. The minimum absolute atomic E-state index is 0. The molecule has 0 saturated carbocycles. The van der Waals surface area contributed by atoms with E-state index in [4.69, 9.17) is 10.5 Å². The monoisotopic (exact) mass is 407 g/mol. The van der Waals surface area contributed by atoms with Gasteiger partial charge in [-0.05, 0) is 44.9 Å². The summed E-state index contributed by atoms with van der Waals surface area (Å²) in [6.45, 7) is 9.49. The Morgan fingerprint density at radius 3 is 2.27 bits per heavy atom. The van der Waals surface area contributed by atoms with Gasteiger partial charge in [-0.2, -0.15) is 0 Å². The van der Waals surface area contributed by atoms with E-state index in [1.54, 1.807) is 13.8 Å². The Balaban J connectivity index is 0.00000625. The molecule has 0 spiro atoms. The summed E-state index contributed by atoms with van der Waals surface area (Å²) in [6.07, 6.45) is 0. The molecule has 1 amide bonds. The summed E-state index contributed by atoms with van der Waals surface area (Å²) in [5, 5.41) is 2.90. The lowest BCUT2D eigenvalue weighted by Crippen LogP contribution is -2.55. The van der Waals surface area contributed by atoms with Crippen LogP contribution in [0.5, 0.6) is 5.75 Å². The van der Waals surface area contributed by atoms with Crippen LogP contribution in [-0.2, 0) is 10.0 Å². The highest BCUT2D eigenvalue weighted by atomic mass is 35.5. The molecule has 0 aliphatic heterocycles. The van der Waals surface area contributed by atoms with Gasteiger partial charge in [0.1, 0.15) is 10.6 Å². The number of nitrogens with two attached hydrogens (primary N) is 1. The molecule has 1 atom stereocenters. The van der Waals surface area contributed by atoms with Gasteiger partial charge < -0.3 is 15.8 Å². The summed E-state index contributed by atoms with van der Waals surface area (Å²) < 4.78 is 32.6. The minimum Gasteiger partial charge on any atom is -0.495 e. The lowest BCUT2D eigenvalue weighted by atomic mass is 9.88. The molecule has 26 heavy (non-hydrogen) atoms. The van der Waals surface area contributed by atoms with Crippen LogP contribution in [0.3, 0.4) is 0 Å². The summed E-state index contributed by atoms with van der Waals surface area (Å²) in [5.41, 5.74) is 5.43. The molecule has 0 bridgehead atoms. The summed E-state index contributed by atoms with van der Waals surface area (Å²) in [7, 11) is -2.42. The molecular weight excluding hydrogens is 378 g/mol. The maximum atomic E-state index is 12.6. The number of hydrogen-bond donors (Lipinski definition) is 3. The predicted octanol–water partition coefficient (Wildman–Crippen LogP) is 1.91. The van der Waals surface area contributed by atoms with Crippen molar-refractivity contribution in [3.63, 3.8) is 0 Å². The number of carbonyl (C=O) groups excluding carboxylic acids is 1. The second kappa shape index (κ2) is 9.55. The molecule has 1 aromatic carbocycles. The SMILES string of the molecule is COc1ccc(C(=O)NC(C)(CN)C(C)C)cc1S(=O)(=O)NC(C)C.Cl. The fourth-order valence-electron chi connectivity index (χ4n) is 2.16. The smallest absolute Gasteiger partial charge is 0.251 e. The second-order valence-corrected chi connectivity index (χ2v) is 8.55. The first kappa shape index (κ1) is 24.7. The third-order valence-corrected chi connectivity index (χ3v) is 5.88. The van der Waals surface area contributed by atoms with E-state index in [1.165, 1.54) is 25.3 Å². The molecule has 0 aromatic heterocycles. The maximum Gasteiger partial charge on any atom is 0.251 e. The highest BCUT2D eigenvalue weighted by Crippen LogP contribution is 2.26. The zero-order valence-corrected chi connectivity index (χ0v) is 17.8. The number of carbonyl (C=O) groups is 1. The Hall–Kier alpha value is -1.35. The third kappa shape index (κ3) is 5.84. The van der Waals surface area contributed by atoms with Gasteiger partial charge in [-0.3, -0.25) is 4.79 Å². The maximum absolute atomic E-state index is 12.6. The van der Waals surface area contributed by atoms with Gasteiger partial charge in [-0.25, -0.2) is 13.1 Å². The number of ether oxygens (including phenoxy) is 1. The number of amides is 1. The van der Waals surface area contributed by atoms with Crippen molar-refractivity contribution in [2.24, 2.45) is 11.7 Å². The van der Waals surface area contributed by atoms with Gasteiger partial charge in [-0.15, -0.1) is 12.4 Å². The minimum atomic E-state index is -3.80. The van der Waals surface area contributed by atoms with E-state index in [0.29, 0.717) is 0 Å². The standard InChI is InChI=1S/C17H29N3O4S.ClH/c1-11(2)17(5,10-18)19-16(21)13-7-8-14(24-6)15(9-13)25(22,23)20-12(3)4;/h7-9,11-12,20H,10,18H2,1-6H3,(H,19,21);1H. The first-order valence-corrected chi connectivity index (χ1v) is 9.68. The van der Waals surface area contributed by atoms with E-state index in [1.807, 2.05) is 20.8 Å². The van der Waals surface area contributed by atoms with Gasteiger partial charge in [0.05, 0.1) is 12.6 Å². The van der Waals surface area contributed by atoms with Crippen LogP contribution in [-0.4, -0.2) is 39.6 Å². The van der Waals surface area contributed by atoms with E-state index in [2.05, 4.69) is 10.0 Å². The highest BCUT2D eigenvalue weighted by Gasteiger charge is 2.30. The van der Waals surface area contributed by atoms with Crippen molar-refractivity contribution < 1.29 is 17.9 Å². The van der Waals surface area contributed by atoms with Crippen LogP contribution in [0.2, 0.25) is 0 Å². The molecule has 4 N–H and O–H groups in total. The third-order valence-electron chi connectivity index (χ3n) is 4.20. The number of nitrogens with one attached hydrogen (secondary N) is 2. The molecule has 9 heteroatoms. The van der Waals surface area contributed by atoms with Crippen LogP contribution in [0.25, 0.3) is 0 Å². The highest BCUT2D eigenvalue weighted by molar-refractivity contribution is 7.89. The molecule has 1 rings (SSSR count). The molecule has 0 aliphatic rings. The van der Waals surface area contributed by atoms with Gasteiger partial charge in [0, 0.05) is 18.2 Å². The van der Waals surface area contributed by atoms with Crippen molar-refractivity contribution in [2.75, 3.05) is 13.7 Å². The summed E-state index contributed by atoms with van der Waals surface area (Å²) >= 11 is 0. The quantitative estimate of drug-likeness (QED) is 0.609. The lowest BCUT2D eigenvalue weighted by molar-refractivity contribution is 0.0883. The Bertz CT molecular complexity index is 723. The van der Waals surface area contributed by atoms with Crippen molar-refractivity contribution in [3.8, 4) is 5.75 Å². The molecule has 7 nitrogen and oxygen atoms in total. The first-order valence-electron chi connectivity index (χ1n) is 8.19. The number of sulfonamides is 1. The number of benzene rings is 1. The van der Waals surface area contributed by atoms with Gasteiger partial charge in [0.15, 0.2) is 0 Å². The van der Waals surface area contributed by atoms with Crippen LogP contribution < -0.4 is 20.5 Å². The molecule has 0 fully saturated rings. The summed E-state index contributed by atoms with van der Waals surface area (Å²) in [4.78, 5) is 12.5. The van der Waals surface area contributed by atoms with Crippen LogP contribution >= 0.6 is 12.4 Å². The van der Waals surface area contributed by atoms with Crippen molar-refractivity contribution in [1.29, 1.82) is 0 Å². The van der Waals surface area contributed by atoms with Crippen molar-refractivity contribution in [3.05, 3.63) is 23.8 Å².